The molecule has 1 aliphatic carbocycles. The number of anilines is 1. The van der Waals surface area contributed by atoms with Crippen molar-refractivity contribution in [3.8, 4) is 6.07 Å². The summed E-state index contributed by atoms with van der Waals surface area (Å²) in [5.41, 5.74) is -3.24. The number of hydrogen-bond donors (Lipinski definition) is 2. The molecule has 2 aromatic rings. The molecule has 35 heavy (non-hydrogen) atoms. The molecule has 0 aliphatic heterocycles. The number of hydrogen-bond acceptors (Lipinski definition) is 6. The molecular formula is C24H25ClF3N3O3S. The van der Waals surface area contributed by atoms with Crippen molar-refractivity contribution < 1.29 is 27.5 Å². The number of methoxy groups -OCH3 is 1. The number of halogens is 4. The zero-order valence-electron chi connectivity index (χ0n) is 19.6. The SMILES string of the molecule is COC(=O)[C@@](NC(=O)c1ccccc1Cl)(Nc1sc2c(c1C#N)CC[C@@H](C(C)(C)C)C2)C(F)(F)F. The molecule has 2 atom stereocenters. The van der Waals surface area contributed by atoms with Gasteiger partial charge in [-0.25, -0.2) is 4.79 Å². The Balaban J connectivity index is 2.09. The van der Waals surface area contributed by atoms with Gasteiger partial charge in [-0.3, -0.25) is 4.79 Å². The molecule has 1 heterocycles. The van der Waals surface area contributed by atoms with Gasteiger partial charge in [0.05, 0.1) is 23.3 Å². The third-order valence-corrected chi connectivity index (χ3v) is 7.74. The van der Waals surface area contributed by atoms with Crippen molar-refractivity contribution in [2.75, 3.05) is 12.4 Å². The highest BCUT2D eigenvalue weighted by molar-refractivity contribution is 7.16. The summed E-state index contributed by atoms with van der Waals surface area (Å²) >= 11 is 6.97. The lowest BCUT2D eigenvalue weighted by Crippen LogP contribution is -2.69. The summed E-state index contributed by atoms with van der Waals surface area (Å²) in [6, 6.07) is 7.48. The number of carbonyl (C=O) groups is 2. The van der Waals surface area contributed by atoms with E-state index in [-0.39, 0.29) is 32.5 Å². The van der Waals surface area contributed by atoms with E-state index in [1.165, 1.54) is 24.3 Å². The maximum absolute atomic E-state index is 14.5. The number of carbonyl (C=O) groups excluding carboxylic acids is 2. The van der Waals surface area contributed by atoms with Gasteiger partial charge < -0.3 is 15.4 Å². The lowest BCUT2D eigenvalue weighted by atomic mass is 9.72. The number of rotatable bonds is 5. The average molecular weight is 528 g/mol. The summed E-state index contributed by atoms with van der Waals surface area (Å²) in [4.78, 5) is 26.3. The molecule has 6 nitrogen and oxygen atoms in total. The minimum atomic E-state index is -5.33. The lowest BCUT2D eigenvalue weighted by Gasteiger charge is -2.34. The molecule has 1 aromatic heterocycles. The van der Waals surface area contributed by atoms with Gasteiger partial charge in [0.25, 0.3) is 5.91 Å². The van der Waals surface area contributed by atoms with E-state index in [9.17, 15) is 28.0 Å². The highest BCUT2D eigenvalue weighted by Crippen LogP contribution is 2.45. The Morgan fingerprint density at radius 2 is 1.89 bits per heavy atom. The number of benzene rings is 1. The van der Waals surface area contributed by atoms with E-state index in [0.717, 1.165) is 29.7 Å². The molecule has 0 saturated carbocycles. The third-order valence-electron chi connectivity index (χ3n) is 6.24. The smallest absolute Gasteiger partial charge is 0.441 e. The number of nitrogens with one attached hydrogen (secondary N) is 2. The third kappa shape index (κ3) is 5.11. The fourth-order valence-corrected chi connectivity index (χ4v) is 5.68. The maximum Gasteiger partial charge on any atom is 0.441 e. The number of alkyl halides is 3. The summed E-state index contributed by atoms with van der Waals surface area (Å²) in [5.74, 6) is -2.74. The van der Waals surface area contributed by atoms with Crippen molar-refractivity contribution in [1.29, 1.82) is 5.26 Å². The van der Waals surface area contributed by atoms with E-state index >= 15 is 0 Å². The van der Waals surface area contributed by atoms with Crippen molar-refractivity contribution in [3.63, 3.8) is 0 Å². The average Bonchev–Trinajstić information content (AvgIpc) is 3.12. The number of ether oxygens (including phenoxy) is 1. The molecule has 2 N–H and O–H groups in total. The van der Waals surface area contributed by atoms with E-state index in [4.69, 9.17) is 11.6 Å². The molecular weight excluding hydrogens is 503 g/mol. The van der Waals surface area contributed by atoms with Gasteiger partial charge in [0, 0.05) is 4.88 Å². The van der Waals surface area contributed by atoms with Crippen molar-refractivity contribution in [2.45, 2.75) is 51.9 Å². The molecule has 0 fully saturated rings. The first-order chi connectivity index (χ1) is 16.2. The fraction of sp³-hybridized carbons (Fsp3) is 0.458. The van der Waals surface area contributed by atoms with Crippen LogP contribution in [0.1, 0.15) is 53.6 Å². The maximum atomic E-state index is 14.5. The molecule has 0 saturated heterocycles. The second-order valence-electron chi connectivity index (χ2n) is 9.42. The van der Waals surface area contributed by atoms with Gasteiger partial charge in [-0.2, -0.15) is 18.4 Å². The quantitative estimate of drug-likeness (QED) is 0.384. The molecule has 11 heteroatoms. The van der Waals surface area contributed by atoms with E-state index in [2.05, 4.69) is 30.8 Å². The Kier molecular flexibility index (Phi) is 7.44. The standard InChI is InChI=1S/C24H25ClF3N3O3S/c1-22(2,3)13-9-10-14-16(12-29)20(35-18(14)11-13)31-23(21(33)34-4,24(26,27)28)30-19(32)15-7-5-6-8-17(15)25/h5-8,13,31H,9-11H2,1-4H3,(H,30,32)/t13-,23-/m1/s1. The van der Waals surface area contributed by atoms with Crippen LogP contribution in [0.5, 0.6) is 0 Å². The second kappa shape index (κ2) is 9.70. The Morgan fingerprint density at radius 1 is 1.23 bits per heavy atom. The first-order valence-corrected chi connectivity index (χ1v) is 12.0. The topological polar surface area (TPSA) is 91.2 Å². The first kappa shape index (κ1) is 26.8. The summed E-state index contributed by atoms with van der Waals surface area (Å²) in [6.07, 6.45) is -3.42. The molecule has 0 spiro atoms. The molecule has 0 unspecified atom stereocenters. The van der Waals surface area contributed by atoms with Gasteiger partial charge >= 0.3 is 17.8 Å². The number of nitriles is 1. The lowest BCUT2D eigenvalue weighted by molar-refractivity contribution is -0.203. The van der Waals surface area contributed by atoms with Gasteiger partial charge in [-0.05, 0) is 48.3 Å². The van der Waals surface area contributed by atoms with Gasteiger partial charge in [0.2, 0.25) is 0 Å². The number of nitrogens with zero attached hydrogens (tertiary/aromatic N) is 1. The number of thiophene rings is 1. The Morgan fingerprint density at radius 3 is 2.43 bits per heavy atom. The van der Waals surface area contributed by atoms with Gasteiger partial charge in [0.1, 0.15) is 11.1 Å². The van der Waals surface area contributed by atoms with Gasteiger partial charge in [-0.1, -0.05) is 44.5 Å². The second-order valence-corrected chi connectivity index (χ2v) is 10.9. The van der Waals surface area contributed by atoms with E-state index in [0.29, 0.717) is 18.4 Å². The van der Waals surface area contributed by atoms with Gasteiger partial charge in [-0.15, -0.1) is 11.3 Å². The Labute approximate surface area is 210 Å². The van der Waals surface area contributed by atoms with Crippen molar-refractivity contribution in [2.24, 2.45) is 11.3 Å². The molecule has 1 aliphatic rings. The van der Waals surface area contributed by atoms with E-state index < -0.39 is 23.7 Å². The molecule has 1 amide bonds. The highest BCUT2D eigenvalue weighted by atomic mass is 35.5. The number of amides is 1. The van der Waals surface area contributed by atoms with Crippen LogP contribution in [-0.4, -0.2) is 30.8 Å². The van der Waals surface area contributed by atoms with Crippen LogP contribution in [0, 0.1) is 22.7 Å². The Bertz CT molecular complexity index is 1180. The zero-order valence-corrected chi connectivity index (χ0v) is 21.2. The van der Waals surface area contributed by atoms with Crippen molar-refractivity contribution in [1.82, 2.24) is 5.32 Å². The van der Waals surface area contributed by atoms with Crippen LogP contribution < -0.4 is 10.6 Å². The highest BCUT2D eigenvalue weighted by Gasteiger charge is 2.64. The van der Waals surface area contributed by atoms with Crippen molar-refractivity contribution >= 4 is 39.8 Å². The van der Waals surface area contributed by atoms with Crippen LogP contribution >= 0.6 is 22.9 Å². The van der Waals surface area contributed by atoms with Gasteiger partial charge in [0.15, 0.2) is 0 Å². The Hall–Kier alpha value is -2.77. The minimum absolute atomic E-state index is 0.0211. The molecule has 3 rings (SSSR count). The van der Waals surface area contributed by atoms with Crippen LogP contribution in [0.2, 0.25) is 5.02 Å². The summed E-state index contributed by atoms with van der Waals surface area (Å²) < 4.78 is 48.0. The summed E-state index contributed by atoms with van der Waals surface area (Å²) in [5, 5.41) is 13.5. The number of fused-ring (bicyclic) bond motifs is 1. The van der Waals surface area contributed by atoms with E-state index in [1.807, 2.05) is 6.07 Å². The van der Waals surface area contributed by atoms with Crippen molar-refractivity contribution in [3.05, 3.63) is 50.9 Å². The molecule has 0 bridgehead atoms. The predicted octanol–water partition coefficient (Wildman–Crippen LogP) is 5.70. The summed E-state index contributed by atoms with van der Waals surface area (Å²) in [7, 11) is 0.782. The number of esters is 1. The van der Waals surface area contributed by atoms with Crippen LogP contribution in [0.15, 0.2) is 24.3 Å². The van der Waals surface area contributed by atoms with E-state index in [1.54, 1.807) is 5.32 Å². The van der Waals surface area contributed by atoms with Crippen LogP contribution in [0.25, 0.3) is 0 Å². The van der Waals surface area contributed by atoms with Crippen LogP contribution in [0.4, 0.5) is 18.2 Å². The minimum Gasteiger partial charge on any atom is -0.466 e. The normalized spacial score (nSPS) is 17.5. The van der Waals surface area contributed by atoms with Crippen LogP contribution in [0.3, 0.4) is 0 Å². The fourth-order valence-electron chi connectivity index (χ4n) is 4.13. The molecule has 188 valence electrons. The monoisotopic (exact) mass is 527 g/mol. The molecule has 0 radical (unpaired) electrons. The first-order valence-electron chi connectivity index (χ1n) is 10.8. The molecule has 1 aromatic carbocycles. The predicted molar refractivity (Wildman–Crippen MR) is 127 cm³/mol. The summed E-state index contributed by atoms with van der Waals surface area (Å²) in [6.45, 7) is 6.28. The zero-order chi connectivity index (χ0) is 26.2. The largest absolute Gasteiger partial charge is 0.466 e. The van der Waals surface area contributed by atoms with Crippen LogP contribution in [-0.2, 0) is 22.4 Å².